The van der Waals surface area contributed by atoms with Crippen LogP contribution in [0.5, 0.6) is 5.75 Å². The maximum atomic E-state index is 11.8. The van der Waals surface area contributed by atoms with E-state index in [1.165, 1.54) is 11.3 Å². The van der Waals surface area contributed by atoms with Crippen LogP contribution in [0.15, 0.2) is 35.8 Å². The van der Waals surface area contributed by atoms with E-state index in [1.54, 1.807) is 6.08 Å². The number of carbonyl (C=O) groups is 1. The number of allylic oxidation sites excluding steroid dienone is 1. The van der Waals surface area contributed by atoms with Crippen LogP contribution in [0, 0.1) is 0 Å². The molecule has 0 N–H and O–H groups in total. The first-order valence-corrected chi connectivity index (χ1v) is 7.96. The highest BCUT2D eigenvalue weighted by molar-refractivity contribution is 7.16. The Kier molecular flexibility index (Phi) is 5.33. The third kappa shape index (κ3) is 3.42. The van der Waals surface area contributed by atoms with Crippen LogP contribution in [0.4, 0.5) is 0 Å². The summed E-state index contributed by atoms with van der Waals surface area (Å²) in [6, 6.07) is 5.92. The van der Waals surface area contributed by atoms with Gasteiger partial charge in [-0.2, -0.15) is 4.99 Å². The topological polar surface area (TPSA) is 43.6 Å². The lowest BCUT2D eigenvalue weighted by atomic mass is 10.3. The highest BCUT2D eigenvalue weighted by Gasteiger charge is 2.11. The van der Waals surface area contributed by atoms with Crippen molar-refractivity contribution in [2.24, 2.45) is 4.99 Å². The van der Waals surface area contributed by atoms with Crippen LogP contribution in [-0.2, 0) is 11.3 Å². The van der Waals surface area contributed by atoms with E-state index in [9.17, 15) is 4.79 Å². The molecule has 21 heavy (non-hydrogen) atoms. The number of hydrogen-bond acceptors (Lipinski definition) is 3. The monoisotopic (exact) mass is 304 g/mol. The van der Waals surface area contributed by atoms with Crippen molar-refractivity contribution in [3.05, 3.63) is 35.7 Å². The molecule has 1 aromatic carbocycles. The summed E-state index contributed by atoms with van der Waals surface area (Å²) in [5.74, 6) is 0.734. The van der Waals surface area contributed by atoms with Gasteiger partial charge in [0.1, 0.15) is 11.3 Å². The van der Waals surface area contributed by atoms with E-state index in [4.69, 9.17) is 4.74 Å². The number of amides is 1. The van der Waals surface area contributed by atoms with Gasteiger partial charge in [-0.05, 0) is 25.5 Å². The number of thiazole rings is 1. The molecule has 0 fully saturated rings. The van der Waals surface area contributed by atoms with E-state index in [0.29, 0.717) is 24.4 Å². The van der Waals surface area contributed by atoms with Gasteiger partial charge in [0.15, 0.2) is 4.80 Å². The number of ether oxygens (including phenoxy) is 1. The fourth-order valence-corrected chi connectivity index (χ4v) is 3.20. The van der Waals surface area contributed by atoms with Gasteiger partial charge in [-0.3, -0.25) is 4.79 Å². The summed E-state index contributed by atoms with van der Waals surface area (Å²) in [6.45, 7) is 8.92. The van der Waals surface area contributed by atoms with Crippen molar-refractivity contribution in [3.8, 4) is 5.75 Å². The van der Waals surface area contributed by atoms with E-state index in [2.05, 4.69) is 11.6 Å². The minimum Gasteiger partial charge on any atom is -0.492 e. The summed E-state index contributed by atoms with van der Waals surface area (Å²) in [6.07, 6.45) is 3.08. The molecule has 0 aliphatic heterocycles. The van der Waals surface area contributed by atoms with Crippen LogP contribution in [0.25, 0.3) is 10.2 Å². The lowest BCUT2D eigenvalue weighted by molar-refractivity contribution is -0.118. The molecule has 0 unspecified atom stereocenters. The summed E-state index contributed by atoms with van der Waals surface area (Å²) in [7, 11) is 0. The molecule has 0 aliphatic rings. The number of para-hydroxylation sites is 1. The molecular weight excluding hydrogens is 284 g/mol. The number of fused-ring (bicyclic) bond motifs is 1. The lowest BCUT2D eigenvalue weighted by Crippen LogP contribution is -2.16. The minimum absolute atomic E-state index is 0.0835. The molecule has 2 aromatic rings. The highest BCUT2D eigenvalue weighted by atomic mass is 32.1. The number of rotatable bonds is 6. The van der Waals surface area contributed by atoms with Crippen molar-refractivity contribution in [2.75, 3.05) is 6.61 Å². The van der Waals surface area contributed by atoms with Gasteiger partial charge >= 0.3 is 0 Å². The molecule has 2 rings (SSSR count). The summed E-state index contributed by atoms with van der Waals surface area (Å²) in [5.41, 5.74) is 0.979. The van der Waals surface area contributed by atoms with Gasteiger partial charge in [0.2, 0.25) is 5.91 Å². The fourth-order valence-electron chi connectivity index (χ4n) is 2.13. The molecule has 0 atom stereocenters. The number of nitrogens with zero attached hydrogens (tertiary/aromatic N) is 2. The van der Waals surface area contributed by atoms with Gasteiger partial charge in [0, 0.05) is 13.0 Å². The average Bonchev–Trinajstić information content (AvgIpc) is 2.79. The van der Waals surface area contributed by atoms with Crippen LogP contribution >= 0.6 is 11.3 Å². The number of carbonyl (C=O) groups excluding carboxylic acids is 1. The predicted octanol–water partition coefficient (Wildman–Crippen LogP) is 3.51. The number of aromatic nitrogens is 1. The van der Waals surface area contributed by atoms with Crippen molar-refractivity contribution in [1.82, 2.24) is 4.57 Å². The minimum atomic E-state index is -0.0835. The van der Waals surface area contributed by atoms with Gasteiger partial charge in [0.25, 0.3) is 0 Å². The molecule has 0 saturated heterocycles. The first kappa shape index (κ1) is 15.5. The third-order valence-electron chi connectivity index (χ3n) is 2.96. The predicted molar refractivity (Wildman–Crippen MR) is 86.7 cm³/mol. The quantitative estimate of drug-likeness (QED) is 0.766. The first-order chi connectivity index (χ1) is 10.2. The zero-order valence-electron chi connectivity index (χ0n) is 12.5. The van der Waals surface area contributed by atoms with Gasteiger partial charge in [-0.25, -0.2) is 0 Å². The smallest absolute Gasteiger partial charge is 0.248 e. The zero-order valence-corrected chi connectivity index (χ0v) is 13.3. The molecule has 0 radical (unpaired) electrons. The van der Waals surface area contributed by atoms with Crippen molar-refractivity contribution >= 4 is 27.5 Å². The Hall–Kier alpha value is -1.88. The van der Waals surface area contributed by atoms with E-state index >= 15 is 0 Å². The molecular formula is C16H20N2O2S. The Labute approximate surface area is 128 Å². The van der Waals surface area contributed by atoms with Crippen LogP contribution in [0.2, 0.25) is 0 Å². The van der Waals surface area contributed by atoms with Gasteiger partial charge < -0.3 is 9.30 Å². The highest BCUT2D eigenvalue weighted by Crippen LogP contribution is 2.27. The molecule has 1 aromatic heterocycles. The number of hydrogen-bond donors (Lipinski definition) is 0. The molecule has 4 nitrogen and oxygen atoms in total. The van der Waals surface area contributed by atoms with Crippen LogP contribution < -0.4 is 9.54 Å². The molecule has 1 heterocycles. The van der Waals surface area contributed by atoms with E-state index in [0.717, 1.165) is 22.4 Å². The molecule has 0 aliphatic carbocycles. The molecule has 5 heteroatoms. The largest absolute Gasteiger partial charge is 0.492 e. The standard InChI is InChI=1S/C16H20N2O2S/c1-4-8-14(19)17-16-18(11-5-2)15-12(20-6-3)9-7-10-13(15)21-16/h5,7,9-10H,2,4,6,8,11H2,1,3H3. The summed E-state index contributed by atoms with van der Waals surface area (Å²) in [4.78, 5) is 16.8. The average molecular weight is 304 g/mol. The molecule has 0 spiro atoms. The second-order valence-corrected chi connectivity index (χ2v) is 5.58. The van der Waals surface area contributed by atoms with E-state index in [-0.39, 0.29) is 5.91 Å². The summed E-state index contributed by atoms with van der Waals surface area (Å²) < 4.78 is 8.75. The van der Waals surface area contributed by atoms with Crippen molar-refractivity contribution < 1.29 is 9.53 Å². The van der Waals surface area contributed by atoms with E-state index < -0.39 is 0 Å². The Morgan fingerprint density at radius 1 is 1.48 bits per heavy atom. The van der Waals surface area contributed by atoms with E-state index in [1.807, 2.05) is 36.6 Å². The van der Waals surface area contributed by atoms with Gasteiger partial charge in [-0.1, -0.05) is 30.4 Å². The van der Waals surface area contributed by atoms with Crippen molar-refractivity contribution in [3.63, 3.8) is 0 Å². The molecule has 0 bridgehead atoms. The maximum Gasteiger partial charge on any atom is 0.248 e. The number of benzene rings is 1. The Morgan fingerprint density at radius 3 is 2.95 bits per heavy atom. The zero-order chi connectivity index (χ0) is 15.2. The van der Waals surface area contributed by atoms with Gasteiger partial charge in [0.05, 0.1) is 11.3 Å². The summed E-state index contributed by atoms with van der Waals surface area (Å²) in [5, 5.41) is 0. The Morgan fingerprint density at radius 2 is 2.29 bits per heavy atom. The Balaban J connectivity index is 2.66. The van der Waals surface area contributed by atoms with Crippen LogP contribution in [-0.4, -0.2) is 17.1 Å². The normalized spacial score (nSPS) is 11.8. The molecule has 112 valence electrons. The maximum absolute atomic E-state index is 11.8. The third-order valence-corrected chi connectivity index (χ3v) is 4.00. The van der Waals surface area contributed by atoms with Crippen molar-refractivity contribution in [1.29, 1.82) is 0 Å². The van der Waals surface area contributed by atoms with Gasteiger partial charge in [-0.15, -0.1) is 6.58 Å². The fraction of sp³-hybridized carbons (Fsp3) is 0.375. The second kappa shape index (κ2) is 7.22. The van der Waals surface area contributed by atoms with Crippen LogP contribution in [0.1, 0.15) is 26.7 Å². The van der Waals surface area contributed by atoms with Crippen LogP contribution in [0.3, 0.4) is 0 Å². The molecule has 0 saturated carbocycles. The first-order valence-electron chi connectivity index (χ1n) is 7.14. The molecule has 1 amide bonds. The summed E-state index contributed by atoms with van der Waals surface area (Å²) >= 11 is 1.51. The SMILES string of the molecule is C=CCn1c(=NC(=O)CCC)sc2cccc(OCC)c21. The lowest BCUT2D eigenvalue weighted by Gasteiger charge is -2.07. The second-order valence-electron chi connectivity index (χ2n) is 4.58. The Bertz CT molecular complexity index is 713. The van der Waals surface area contributed by atoms with Crippen molar-refractivity contribution in [2.45, 2.75) is 33.2 Å².